The fourth-order valence-corrected chi connectivity index (χ4v) is 2.27. The van der Waals surface area contributed by atoms with Crippen molar-refractivity contribution in [1.82, 2.24) is 9.88 Å². The molecule has 0 aromatic carbocycles. The van der Waals surface area contributed by atoms with E-state index in [0.717, 1.165) is 12.8 Å². The van der Waals surface area contributed by atoms with Crippen molar-refractivity contribution in [2.75, 3.05) is 26.8 Å². The van der Waals surface area contributed by atoms with E-state index in [0.29, 0.717) is 19.0 Å². The molecular formula is C14H21N3O3. The molecule has 1 atom stereocenters. The van der Waals surface area contributed by atoms with Gasteiger partial charge in [0.2, 0.25) is 11.8 Å². The van der Waals surface area contributed by atoms with Crippen molar-refractivity contribution in [3.8, 4) is 5.88 Å². The zero-order chi connectivity index (χ0) is 14.4. The highest BCUT2D eigenvalue weighted by Crippen LogP contribution is 2.17. The first-order chi connectivity index (χ1) is 9.70. The predicted octanol–water partition coefficient (Wildman–Crippen LogP) is 0.425. The molecular weight excluding hydrogens is 258 g/mol. The number of likely N-dealkylation sites (tertiary alicyclic amines) is 1. The summed E-state index contributed by atoms with van der Waals surface area (Å²) in [4.78, 5) is 17.9. The summed E-state index contributed by atoms with van der Waals surface area (Å²) in [6.45, 7) is 1.57. The lowest BCUT2D eigenvalue weighted by molar-refractivity contribution is -0.135. The van der Waals surface area contributed by atoms with Crippen molar-refractivity contribution in [2.24, 2.45) is 5.73 Å². The first-order valence-electron chi connectivity index (χ1n) is 6.81. The quantitative estimate of drug-likeness (QED) is 0.845. The predicted molar refractivity (Wildman–Crippen MR) is 74.3 cm³/mol. The first-order valence-corrected chi connectivity index (χ1v) is 6.81. The van der Waals surface area contributed by atoms with Crippen molar-refractivity contribution in [3.63, 3.8) is 0 Å². The van der Waals surface area contributed by atoms with E-state index in [4.69, 9.17) is 15.2 Å². The van der Waals surface area contributed by atoms with E-state index in [9.17, 15) is 4.79 Å². The van der Waals surface area contributed by atoms with Crippen LogP contribution in [0.4, 0.5) is 0 Å². The highest BCUT2D eigenvalue weighted by atomic mass is 16.5. The van der Waals surface area contributed by atoms with Gasteiger partial charge in [0.15, 0.2) is 0 Å². The van der Waals surface area contributed by atoms with Crippen LogP contribution in [0.25, 0.3) is 0 Å². The van der Waals surface area contributed by atoms with Crippen LogP contribution in [0.2, 0.25) is 0 Å². The summed E-state index contributed by atoms with van der Waals surface area (Å²) in [5.41, 5.74) is 5.76. The SMILES string of the molecule is COCC(N)C(=O)N1CCC(Oc2ccccn2)CC1. The van der Waals surface area contributed by atoms with Gasteiger partial charge in [-0.2, -0.15) is 0 Å². The normalized spacial score (nSPS) is 17.8. The lowest BCUT2D eigenvalue weighted by Gasteiger charge is -2.33. The highest BCUT2D eigenvalue weighted by molar-refractivity contribution is 5.81. The van der Waals surface area contributed by atoms with Gasteiger partial charge in [-0.25, -0.2) is 4.98 Å². The maximum absolute atomic E-state index is 12.0. The summed E-state index contributed by atoms with van der Waals surface area (Å²) in [7, 11) is 1.54. The molecule has 0 bridgehead atoms. The number of aromatic nitrogens is 1. The second-order valence-electron chi connectivity index (χ2n) is 4.87. The average molecular weight is 279 g/mol. The molecule has 0 radical (unpaired) electrons. The summed E-state index contributed by atoms with van der Waals surface area (Å²) in [6, 6.07) is 5.01. The Labute approximate surface area is 118 Å². The van der Waals surface area contributed by atoms with Gasteiger partial charge in [0.05, 0.1) is 6.61 Å². The van der Waals surface area contributed by atoms with Crippen LogP contribution in [-0.4, -0.2) is 54.7 Å². The standard InChI is InChI=1S/C14H21N3O3/c1-19-10-12(15)14(18)17-8-5-11(6-9-17)20-13-4-2-3-7-16-13/h2-4,7,11-12H,5-6,8-10,15H2,1H3. The first kappa shape index (κ1) is 14.7. The number of ether oxygens (including phenoxy) is 2. The Kier molecular flexibility index (Phi) is 5.31. The third kappa shape index (κ3) is 3.91. The van der Waals surface area contributed by atoms with Crippen molar-refractivity contribution in [1.29, 1.82) is 0 Å². The maximum atomic E-state index is 12.0. The summed E-state index contributed by atoms with van der Waals surface area (Å²) >= 11 is 0. The second kappa shape index (κ2) is 7.21. The van der Waals surface area contributed by atoms with Crippen LogP contribution in [0.15, 0.2) is 24.4 Å². The van der Waals surface area contributed by atoms with Gasteiger partial charge in [-0.05, 0) is 6.07 Å². The number of carbonyl (C=O) groups excluding carboxylic acids is 1. The van der Waals surface area contributed by atoms with Crippen molar-refractivity contribution < 1.29 is 14.3 Å². The molecule has 1 unspecified atom stereocenters. The van der Waals surface area contributed by atoms with Crippen LogP contribution in [0.3, 0.4) is 0 Å². The van der Waals surface area contributed by atoms with Gasteiger partial charge < -0.3 is 20.1 Å². The number of nitrogens with zero attached hydrogens (tertiary/aromatic N) is 2. The van der Waals surface area contributed by atoms with Crippen LogP contribution < -0.4 is 10.5 Å². The fourth-order valence-electron chi connectivity index (χ4n) is 2.27. The largest absolute Gasteiger partial charge is 0.474 e. The van der Waals surface area contributed by atoms with Gasteiger partial charge in [-0.1, -0.05) is 6.07 Å². The molecule has 1 aliphatic rings. The number of nitrogens with two attached hydrogens (primary N) is 1. The molecule has 0 spiro atoms. The van der Waals surface area contributed by atoms with Crippen molar-refractivity contribution >= 4 is 5.91 Å². The van der Waals surface area contributed by atoms with Gasteiger partial charge in [0, 0.05) is 45.3 Å². The summed E-state index contributed by atoms with van der Waals surface area (Å²) in [5, 5.41) is 0. The minimum absolute atomic E-state index is 0.0527. The van der Waals surface area contributed by atoms with Gasteiger partial charge >= 0.3 is 0 Å². The van der Waals surface area contributed by atoms with E-state index < -0.39 is 6.04 Å². The van der Waals surface area contributed by atoms with E-state index in [1.54, 1.807) is 18.2 Å². The Balaban J connectivity index is 1.79. The molecule has 1 amide bonds. The van der Waals surface area contributed by atoms with Gasteiger partial charge in [0.1, 0.15) is 12.1 Å². The molecule has 1 aromatic rings. The summed E-state index contributed by atoms with van der Waals surface area (Å²) in [5.74, 6) is 0.580. The number of hydrogen-bond acceptors (Lipinski definition) is 5. The fraction of sp³-hybridized carbons (Fsp3) is 0.571. The molecule has 0 aliphatic carbocycles. The maximum Gasteiger partial charge on any atom is 0.241 e. The molecule has 1 fully saturated rings. The number of methoxy groups -OCH3 is 1. The molecule has 0 saturated carbocycles. The Bertz CT molecular complexity index is 419. The van der Waals surface area contributed by atoms with E-state index in [1.807, 2.05) is 18.2 Å². The Hall–Kier alpha value is -1.66. The highest BCUT2D eigenvalue weighted by Gasteiger charge is 2.27. The van der Waals surface area contributed by atoms with Crippen LogP contribution in [0.1, 0.15) is 12.8 Å². The molecule has 6 nitrogen and oxygen atoms in total. The van der Waals surface area contributed by atoms with Crippen LogP contribution in [-0.2, 0) is 9.53 Å². The third-order valence-corrected chi connectivity index (χ3v) is 3.34. The van der Waals surface area contributed by atoms with Crippen molar-refractivity contribution in [2.45, 2.75) is 25.0 Å². The second-order valence-corrected chi connectivity index (χ2v) is 4.87. The lowest BCUT2D eigenvalue weighted by atomic mass is 10.1. The topological polar surface area (TPSA) is 77.7 Å². The zero-order valence-corrected chi connectivity index (χ0v) is 11.7. The average Bonchev–Trinajstić information content (AvgIpc) is 2.48. The minimum atomic E-state index is -0.576. The van der Waals surface area contributed by atoms with Crippen LogP contribution in [0.5, 0.6) is 5.88 Å². The van der Waals surface area contributed by atoms with E-state index in [-0.39, 0.29) is 18.6 Å². The summed E-state index contributed by atoms with van der Waals surface area (Å²) in [6.07, 6.45) is 3.40. The zero-order valence-electron chi connectivity index (χ0n) is 11.7. The molecule has 20 heavy (non-hydrogen) atoms. The number of pyridine rings is 1. The van der Waals surface area contributed by atoms with Crippen LogP contribution >= 0.6 is 0 Å². The molecule has 1 aromatic heterocycles. The lowest BCUT2D eigenvalue weighted by Crippen LogP contribution is -2.50. The minimum Gasteiger partial charge on any atom is -0.474 e. The number of carbonyl (C=O) groups is 1. The molecule has 110 valence electrons. The van der Waals surface area contributed by atoms with Gasteiger partial charge in [-0.3, -0.25) is 4.79 Å². The Morgan fingerprint density at radius 2 is 2.25 bits per heavy atom. The number of rotatable bonds is 5. The van der Waals surface area contributed by atoms with Gasteiger partial charge in [0.25, 0.3) is 0 Å². The van der Waals surface area contributed by atoms with Gasteiger partial charge in [-0.15, -0.1) is 0 Å². The van der Waals surface area contributed by atoms with E-state index in [1.165, 1.54) is 0 Å². The van der Waals surface area contributed by atoms with Crippen molar-refractivity contribution in [3.05, 3.63) is 24.4 Å². The number of piperidine rings is 1. The van der Waals surface area contributed by atoms with Crippen LogP contribution in [0, 0.1) is 0 Å². The molecule has 2 N–H and O–H groups in total. The monoisotopic (exact) mass is 279 g/mol. The molecule has 1 saturated heterocycles. The summed E-state index contributed by atoms with van der Waals surface area (Å²) < 4.78 is 10.7. The molecule has 6 heteroatoms. The number of amides is 1. The smallest absolute Gasteiger partial charge is 0.241 e. The van der Waals surface area contributed by atoms with E-state index in [2.05, 4.69) is 4.98 Å². The Morgan fingerprint density at radius 3 is 2.85 bits per heavy atom. The third-order valence-electron chi connectivity index (χ3n) is 3.34. The number of hydrogen-bond donors (Lipinski definition) is 1. The Morgan fingerprint density at radius 1 is 1.50 bits per heavy atom. The molecule has 1 aliphatic heterocycles. The van der Waals surface area contributed by atoms with E-state index >= 15 is 0 Å². The molecule has 2 rings (SSSR count). The molecule has 2 heterocycles.